The molecule has 0 radical (unpaired) electrons. The number of amides is 1. The zero-order valence-corrected chi connectivity index (χ0v) is 15.8. The molecule has 0 aliphatic carbocycles. The summed E-state index contributed by atoms with van der Waals surface area (Å²) in [5.74, 6) is -0.264. The van der Waals surface area contributed by atoms with Crippen LogP contribution < -0.4 is 10.1 Å². The number of nitrogens with one attached hydrogen (secondary N) is 1. The van der Waals surface area contributed by atoms with Crippen LogP contribution in [0.5, 0.6) is 5.75 Å². The van der Waals surface area contributed by atoms with Crippen LogP contribution in [0.3, 0.4) is 0 Å². The Kier molecular flexibility index (Phi) is 6.29. The molecule has 0 spiro atoms. The van der Waals surface area contributed by atoms with E-state index in [1.165, 1.54) is 32.3 Å². The Morgan fingerprint density at radius 3 is 2.32 bits per heavy atom. The number of rotatable bonds is 6. The fraction of sp³-hybridized carbons (Fsp3) is 0.188. The number of hydrogen-bond acceptors (Lipinski definition) is 4. The second-order valence-corrected chi connectivity index (χ2v) is 8.17. The first-order valence-electron chi connectivity index (χ1n) is 7.11. The standard InChI is InChI=1S/C16H16Cl2N2O4S/c1-20(2)25(22,23)12-6-3-5-11(9-12)19-15(21)10-24-16-13(17)7-4-8-14(16)18/h3-9H,10H2,1-2H3,(H,19,21). The maximum Gasteiger partial charge on any atom is 0.262 e. The van der Waals surface area contributed by atoms with Gasteiger partial charge in [0.1, 0.15) is 0 Å². The number of anilines is 1. The SMILES string of the molecule is CN(C)S(=O)(=O)c1cccc(NC(=O)COc2c(Cl)cccc2Cl)c1. The Bertz CT molecular complexity index is 865. The molecule has 0 unspecified atom stereocenters. The van der Waals surface area contributed by atoms with Crippen LogP contribution in [0.15, 0.2) is 47.4 Å². The first-order valence-corrected chi connectivity index (χ1v) is 9.30. The van der Waals surface area contributed by atoms with Crippen LogP contribution in [0.1, 0.15) is 0 Å². The highest BCUT2D eigenvalue weighted by atomic mass is 35.5. The minimum Gasteiger partial charge on any atom is -0.481 e. The second-order valence-electron chi connectivity index (χ2n) is 5.20. The first-order chi connectivity index (χ1) is 11.7. The molecule has 0 aliphatic rings. The topological polar surface area (TPSA) is 75.7 Å². The maximum atomic E-state index is 12.1. The number of carbonyl (C=O) groups excluding carboxylic acids is 1. The normalized spacial score (nSPS) is 11.4. The van der Waals surface area contributed by atoms with Gasteiger partial charge in [0.25, 0.3) is 5.91 Å². The summed E-state index contributed by atoms with van der Waals surface area (Å²) in [5, 5.41) is 3.15. The van der Waals surface area contributed by atoms with Gasteiger partial charge in [-0.1, -0.05) is 35.3 Å². The Balaban J connectivity index is 2.06. The van der Waals surface area contributed by atoms with Crippen molar-refractivity contribution < 1.29 is 17.9 Å². The van der Waals surface area contributed by atoms with Crippen molar-refractivity contribution in [3.63, 3.8) is 0 Å². The minimum absolute atomic E-state index is 0.0744. The molecule has 0 heterocycles. The van der Waals surface area contributed by atoms with Gasteiger partial charge in [-0.2, -0.15) is 0 Å². The number of carbonyl (C=O) groups is 1. The molecule has 25 heavy (non-hydrogen) atoms. The largest absolute Gasteiger partial charge is 0.481 e. The lowest BCUT2D eigenvalue weighted by molar-refractivity contribution is -0.118. The van der Waals surface area contributed by atoms with Crippen LogP contribution in [0, 0.1) is 0 Å². The summed E-state index contributed by atoms with van der Waals surface area (Å²) in [5.41, 5.74) is 0.335. The molecule has 9 heteroatoms. The minimum atomic E-state index is -3.59. The lowest BCUT2D eigenvalue weighted by atomic mass is 10.3. The van der Waals surface area contributed by atoms with E-state index < -0.39 is 15.9 Å². The van der Waals surface area contributed by atoms with Gasteiger partial charge in [-0.15, -0.1) is 0 Å². The number of ether oxygens (including phenoxy) is 1. The molecule has 0 bridgehead atoms. The van der Waals surface area contributed by atoms with Gasteiger partial charge in [0.15, 0.2) is 12.4 Å². The summed E-state index contributed by atoms with van der Waals surface area (Å²) in [6.45, 7) is -0.325. The molecule has 0 aromatic heterocycles. The van der Waals surface area contributed by atoms with E-state index in [4.69, 9.17) is 27.9 Å². The Morgan fingerprint density at radius 2 is 1.72 bits per heavy atom. The predicted molar refractivity (Wildman–Crippen MR) is 97.9 cm³/mol. The quantitative estimate of drug-likeness (QED) is 0.804. The van der Waals surface area contributed by atoms with Crippen LogP contribution in [0.4, 0.5) is 5.69 Å². The van der Waals surface area contributed by atoms with Crippen molar-refractivity contribution >= 4 is 44.8 Å². The Hall–Kier alpha value is -1.80. The molecule has 2 rings (SSSR count). The number of halogens is 2. The predicted octanol–water partition coefficient (Wildman–Crippen LogP) is 3.26. The van der Waals surface area contributed by atoms with Gasteiger partial charge in [0.2, 0.25) is 10.0 Å². The molecular weight excluding hydrogens is 387 g/mol. The summed E-state index contributed by atoms with van der Waals surface area (Å²) < 4.78 is 30.7. The number of para-hydroxylation sites is 1. The summed E-state index contributed by atoms with van der Waals surface area (Å²) in [4.78, 5) is 12.1. The van der Waals surface area contributed by atoms with E-state index in [-0.39, 0.29) is 17.3 Å². The molecular formula is C16H16Cl2N2O4S. The lowest BCUT2D eigenvalue weighted by Crippen LogP contribution is -2.23. The van der Waals surface area contributed by atoms with Crippen LogP contribution in [-0.4, -0.2) is 39.3 Å². The van der Waals surface area contributed by atoms with Crippen LogP contribution in [0.25, 0.3) is 0 Å². The third-order valence-corrected chi connectivity index (χ3v) is 5.57. The third-order valence-electron chi connectivity index (χ3n) is 3.16. The van der Waals surface area contributed by atoms with Gasteiger partial charge < -0.3 is 10.1 Å². The van der Waals surface area contributed by atoms with Gasteiger partial charge >= 0.3 is 0 Å². The lowest BCUT2D eigenvalue weighted by Gasteiger charge is -2.13. The average molecular weight is 403 g/mol. The Morgan fingerprint density at radius 1 is 1.12 bits per heavy atom. The van der Waals surface area contributed by atoms with E-state index in [0.717, 1.165) is 4.31 Å². The molecule has 0 aliphatic heterocycles. The van der Waals surface area contributed by atoms with Crippen molar-refractivity contribution in [2.24, 2.45) is 0 Å². The van der Waals surface area contributed by atoms with Crippen molar-refractivity contribution in [2.75, 3.05) is 26.0 Å². The summed E-state index contributed by atoms with van der Waals surface area (Å²) in [7, 11) is -0.721. The average Bonchev–Trinajstić information content (AvgIpc) is 2.54. The molecule has 2 aromatic carbocycles. The van der Waals surface area contributed by atoms with E-state index in [1.807, 2.05) is 0 Å². The molecule has 0 fully saturated rings. The molecule has 0 atom stereocenters. The van der Waals surface area contributed by atoms with Crippen molar-refractivity contribution in [3.8, 4) is 5.75 Å². The molecule has 0 saturated carbocycles. The van der Waals surface area contributed by atoms with E-state index >= 15 is 0 Å². The van der Waals surface area contributed by atoms with Crippen molar-refractivity contribution in [1.29, 1.82) is 0 Å². The number of nitrogens with zero attached hydrogens (tertiary/aromatic N) is 1. The van der Waals surface area contributed by atoms with Crippen LogP contribution >= 0.6 is 23.2 Å². The third kappa shape index (κ3) is 4.85. The van der Waals surface area contributed by atoms with Crippen molar-refractivity contribution in [3.05, 3.63) is 52.5 Å². The van der Waals surface area contributed by atoms with Gasteiger partial charge in [-0.3, -0.25) is 4.79 Å². The van der Waals surface area contributed by atoms with Crippen LogP contribution in [0.2, 0.25) is 10.0 Å². The van der Waals surface area contributed by atoms with E-state index in [0.29, 0.717) is 15.7 Å². The fourth-order valence-electron chi connectivity index (χ4n) is 1.90. The van der Waals surface area contributed by atoms with Crippen molar-refractivity contribution in [1.82, 2.24) is 4.31 Å². The number of hydrogen-bond donors (Lipinski definition) is 1. The Labute approximate surface area is 156 Å². The summed E-state index contributed by atoms with van der Waals surface area (Å²) in [6.07, 6.45) is 0. The highest BCUT2D eigenvalue weighted by Gasteiger charge is 2.17. The highest BCUT2D eigenvalue weighted by molar-refractivity contribution is 7.89. The molecule has 1 N–H and O–H groups in total. The van der Waals surface area contributed by atoms with E-state index in [1.54, 1.807) is 24.3 Å². The fourth-order valence-corrected chi connectivity index (χ4v) is 3.35. The molecule has 2 aromatic rings. The molecule has 0 saturated heterocycles. The monoisotopic (exact) mass is 402 g/mol. The summed E-state index contributed by atoms with van der Waals surface area (Å²) in [6, 6.07) is 10.8. The maximum absolute atomic E-state index is 12.1. The number of benzene rings is 2. The summed E-state index contributed by atoms with van der Waals surface area (Å²) >= 11 is 11.9. The number of sulfonamides is 1. The second kappa shape index (κ2) is 8.05. The van der Waals surface area contributed by atoms with Crippen LogP contribution in [-0.2, 0) is 14.8 Å². The van der Waals surface area contributed by atoms with Gasteiger partial charge in [-0.05, 0) is 30.3 Å². The molecule has 134 valence electrons. The van der Waals surface area contributed by atoms with E-state index in [2.05, 4.69) is 5.32 Å². The molecule has 1 amide bonds. The van der Waals surface area contributed by atoms with Gasteiger partial charge in [0, 0.05) is 19.8 Å². The highest BCUT2D eigenvalue weighted by Crippen LogP contribution is 2.32. The van der Waals surface area contributed by atoms with Gasteiger partial charge in [0.05, 0.1) is 14.9 Å². The first kappa shape index (κ1) is 19.5. The van der Waals surface area contributed by atoms with Crippen molar-refractivity contribution in [2.45, 2.75) is 4.90 Å². The van der Waals surface area contributed by atoms with E-state index in [9.17, 15) is 13.2 Å². The molecule has 6 nitrogen and oxygen atoms in total. The smallest absolute Gasteiger partial charge is 0.262 e. The zero-order valence-electron chi connectivity index (χ0n) is 13.5. The van der Waals surface area contributed by atoms with Gasteiger partial charge in [-0.25, -0.2) is 12.7 Å². The zero-order chi connectivity index (χ0) is 18.6.